The molecule has 0 saturated carbocycles. The molecule has 1 aliphatic heterocycles. The number of rotatable bonds is 11. The number of carbonyl (C=O) groups excluding carboxylic acids is 3. The lowest BCUT2D eigenvalue weighted by Crippen LogP contribution is -2.40. The van der Waals surface area contributed by atoms with Crippen molar-refractivity contribution in [3.63, 3.8) is 0 Å². The number of aliphatic hydroxyl groups excluding tert-OH is 2. The second-order valence-electron chi connectivity index (χ2n) is 10.4. The molecule has 1 aliphatic carbocycles. The van der Waals surface area contributed by atoms with Crippen molar-refractivity contribution in [2.75, 3.05) is 20.3 Å². The number of nitrogens with zero attached hydrogens (tertiary/aromatic N) is 1. The molecular formula is C32H37NO8. The molecule has 2 aromatic carbocycles. The number of phenols is 1. The van der Waals surface area contributed by atoms with Gasteiger partial charge < -0.3 is 24.8 Å². The number of allylic oxidation sites excluding steroid dienone is 1. The van der Waals surface area contributed by atoms with Crippen LogP contribution in [-0.4, -0.2) is 64.6 Å². The van der Waals surface area contributed by atoms with Crippen molar-refractivity contribution in [3.05, 3.63) is 76.9 Å². The van der Waals surface area contributed by atoms with Crippen molar-refractivity contribution >= 4 is 24.0 Å². The minimum absolute atomic E-state index is 0.0470. The lowest BCUT2D eigenvalue weighted by atomic mass is 9.68. The van der Waals surface area contributed by atoms with Gasteiger partial charge in [-0.3, -0.25) is 9.59 Å². The fourth-order valence-corrected chi connectivity index (χ4v) is 5.95. The van der Waals surface area contributed by atoms with Crippen LogP contribution in [0.1, 0.15) is 44.6 Å². The van der Waals surface area contributed by atoms with E-state index in [0.29, 0.717) is 40.2 Å². The predicted octanol–water partition coefficient (Wildman–Crippen LogP) is 4.47. The van der Waals surface area contributed by atoms with Crippen LogP contribution in [0.2, 0.25) is 0 Å². The number of hydrogen-bond donors (Lipinski definition) is 3. The molecule has 2 aliphatic rings. The number of likely N-dealkylation sites (tertiary alicyclic amines) is 1. The minimum Gasteiger partial charge on any atom is -0.507 e. The summed E-state index contributed by atoms with van der Waals surface area (Å²) in [6, 6.07) is 16.1. The largest absolute Gasteiger partial charge is 0.507 e. The third kappa shape index (κ3) is 6.52. The van der Waals surface area contributed by atoms with E-state index in [1.165, 1.54) is 0 Å². The molecule has 0 bridgehead atoms. The van der Waals surface area contributed by atoms with Gasteiger partial charge in [0.2, 0.25) is 11.8 Å². The number of fused-ring (bicyclic) bond motifs is 1. The molecule has 4 atom stereocenters. The average molecular weight is 564 g/mol. The second-order valence-corrected chi connectivity index (χ2v) is 10.4. The Morgan fingerprint density at radius 1 is 1.07 bits per heavy atom. The van der Waals surface area contributed by atoms with Crippen LogP contribution < -0.4 is 4.74 Å². The van der Waals surface area contributed by atoms with Gasteiger partial charge in [0.15, 0.2) is 0 Å². The van der Waals surface area contributed by atoms with Crippen molar-refractivity contribution in [2.24, 2.45) is 17.8 Å². The number of hydrogen-bond acceptors (Lipinski definition) is 8. The van der Waals surface area contributed by atoms with Gasteiger partial charge in [-0.25, -0.2) is 4.79 Å². The highest BCUT2D eigenvalue weighted by atomic mass is 16.5. The summed E-state index contributed by atoms with van der Waals surface area (Å²) < 4.78 is 10.7. The normalized spacial score (nSPS) is 21.6. The molecule has 1 heterocycles. The van der Waals surface area contributed by atoms with Crippen LogP contribution in [0.15, 0.2) is 71.3 Å². The monoisotopic (exact) mass is 563 g/mol. The van der Waals surface area contributed by atoms with Crippen molar-refractivity contribution < 1.29 is 39.2 Å². The highest BCUT2D eigenvalue weighted by Gasteiger charge is 2.57. The molecule has 4 rings (SSSR count). The Morgan fingerprint density at radius 2 is 1.78 bits per heavy atom. The summed E-state index contributed by atoms with van der Waals surface area (Å²) in [5, 5.41) is 32.3. The summed E-state index contributed by atoms with van der Waals surface area (Å²) in [5.41, 5.74) is 2.81. The maximum absolute atomic E-state index is 13.3. The first kappa shape index (κ1) is 30.0. The summed E-state index contributed by atoms with van der Waals surface area (Å²) in [4.78, 5) is 39.2. The summed E-state index contributed by atoms with van der Waals surface area (Å²) in [6.07, 6.45) is 2.36. The molecule has 1 saturated heterocycles. The number of amides is 3. The number of carbonyl (C=O) groups is 3. The van der Waals surface area contributed by atoms with E-state index in [1.54, 1.807) is 24.3 Å². The van der Waals surface area contributed by atoms with Gasteiger partial charge in [-0.05, 0) is 55.0 Å². The van der Waals surface area contributed by atoms with Gasteiger partial charge in [0.1, 0.15) is 18.1 Å². The summed E-state index contributed by atoms with van der Waals surface area (Å²) >= 11 is 0. The van der Waals surface area contributed by atoms with Gasteiger partial charge >= 0.3 is 6.09 Å². The van der Waals surface area contributed by atoms with Gasteiger partial charge in [0.25, 0.3) is 0 Å². The molecule has 0 spiro atoms. The van der Waals surface area contributed by atoms with E-state index < -0.39 is 48.4 Å². The van der Waals surface area contributed by atoms with Crippen LogP contribution in [0, 0.1) is 17.8 Å². The van der Waals surface area contributed by atoms with Crippen molar-refractivity contribution in [1.29, 1.82) is 0 Å². The van der Waals surface area contributed by atoms with Gasteiger partial charge in [-0.1, -0.05) is 61.4 Å². The number of phenolic OH excluding ortho intramolecular Hbond substituents is 1. The van der Waals surface area contributed by atoms with Crippen LogP contribution in [0.25, 0.3) is 6.08 Å². The molecule has 9 nitrogen and oxygen atoms in total. The van der Waals surface area contributed by atoms with E-state index in [9.17, 15) is 29.7 Å². The lowest BCUT2D eigenvalue weighted by Gasteiger charge is -2.36. The molecule has 9 heteroatoms. The molecule has 1 fully saturated rings. The van der Waals surface area contributed by atoms with Crippen LogP contribution in [0.5, 0.6) is 11.5 Å². The highest BCUT2D eigenvalue weighted by molar-refractivity contribution is 6.16. The first-order chi connectivity index (χ1) is 19.8. The fraction of sp³-hybridized carbons (Fsp3) is 0.406. The Balaban J connectivity index is 1.65. The maximum Gasteiger partial charge on any atom is 0.423 e. The fourth-order valence-electron chi connectivity index (χ4n) is 5.95. The van der Waals surface area contributed by atoms with E-state index in [0.717, 1.165) is 25.5 Å². The molecule has 3 amide bonds. The number of imide groups is 3. The number of benzene rings is 2. The summed E-state index contributed by atoms with van der Waals surface area (Å²) in [7, 11) is 1.09. The zero-order valence-electron chi connectivity index (χ0n) is 23.4. The van der Waals surface area contributed by atoms with E-state index in [4.69, 9.17) is 4.74 Å². The minimum atomic E-state index is -1.06. The Kier molecular flexibility index (Phi) is 9.96. The quantitative estimate of drug-likeness (QED) is 0.269. The molecular weight excluding hydrogens is 526 g/mol. The zero-order chi connectivity index (χ0) is 29.5. The lowest BCUT2D eigenvalue weighted by molar-refractivity contribution is -0.137. The van der Waals surface area contributed by atoms with Crippen LogP contribution in [-0.2, 0) is 14.3 Å². The Bertz CT molecular complexity index is 1320. The van der Waals surface area contributed by atoms with Crippen LogP contribution in [0.4, 0.5) is 4.79 Å². The zero-order valence-corrected chi connectivity index (χ0v) is 23.4. The van der Waals surface area contributed by atoms with E-state index >= 15 is 0 Å². The highest BCUT2D eigenvalue weighted by Crippen LogP contribution is 2.46. The van der Waals surface area contributed by atoms with E-state index in [1.807, 2.05) is 36.4 Å². The first-order valence-electron chi connectivity index (χ1n) is 13.9. The molecule has 218 valence electrons. The molecule has 41 heavy (non-hydrogen) atoms. The van der Waals surface area contributed by atoms with Crippen molar-refractivity contribution in [3.8, 4) is 11.5 Å². The van der Waals surface area contributed by atoms with Crippen molar-refractivity contribution in [1.82, 2.24) is 4.90 Å². The van der Waals surface area contributed by atoms with Gasteiger partial charge in [-0.15, -0.1) is 0 Å². The van der Waals surface area contributed by atoms with Gasteiger partial charge in [-0.2, -0.15) is 4.90 Å². The molecule has 2 aromatic rings. The SMILES string of the molecule is CCC/C(=C\c1ccccc1O)CC[C@@H](O)C1=C(COc2ccccc2)C[C@H]2C(=O)N(C(=O)OC)C(=O)[C@H]2[C@H]1CO. The smallest absolute Gasteiger partial charge is 0.423 e. The third-order valence-corrected chi connectivity index (χ3v) is 7.86. The number of para-hydroxylation sites is 2. The predicted molar refractivity (Wildman–Crippen MR) is 152 cm³/mol. The third-order valence-electron chi connectivity index (χ3n) is 7.86. The molecule has 0 unspecified atom stereocenters. The first-order valence-corrected chi connectivity index (χ1v) is 13.9. The van der Waals surface area contributed by atoms with Crippen LogP contribution >= 0.6 is 0 Å². The second kappa shape index (κ2) is 13.6. The number of aliphatic hydroxyl groups is 2. The molecule has 3 N–H and O–H groups in total. The average Bonchev–Trinajstić information content (AvgIpc) is 3.24. The summed E-state index contributed by atoms with van der Waals surface area (Å²) in [6.45, 7) is 1.60. The Labute approximate surface area is 239 Å². The standard InChI is InChI=1S/C32H37NO8/c1-3-9-20(16-21-10-7-8-13-26(21)35)14-15-27(36)28-22(19-41-23-11-5-4-6-12-23)17-24-29(25(28)18-34)31(38)33(30(24)37)32(39)40-2/h4-8,10-13,16,24-25,27,29,34-36H,3,9,14-15,17-19H2,1-2H3/b20-16+/t24-,25+,27-,29-/m1/s1. The maximum atomic E-state index is 13.3. The Hall–Kier alpha value is -3.95. The van der Waals surface area contributed by atoms with E-state index in [2.05, 4.69) is 11.7 Å². The van der Waals surface area contributed by atoms with Gasteiger partial charge in [0.05, 0.1) is 31.7 Å². The topological polar surface area (TPSA) is 134 Å². The van der Waals surface area contributed by atoms with Gasteiger partial charge in [0, 0.05) is 11.5 Å². The number of ether oxygens (including phenoxy) is 2. The Morgan fingerprint density at radius 3 is 2.44 bits per heavy atom. The van der Waals surface area contributed by atoms with Crippen molar-refractivity contribution in [2.45, 2.75) is 45.1 Å². The van der Waals surface area contributed by atoms with Crippen LogP contribution in [0.3, 0.4) is 0 Å². The van der Waals surface area contributed by atoms with E-state index in [-0.39, 0.29) is 18.8 Å². The summed E-state index contributed by atoms with van der Waals surface area (Å²) in [5.74, 6) is -3.39. The molecule has 0 aromatic heterocycles. The number of aromatic hydroxyl groups is 1. The molecule has 0 radical (unpaired) electrons. The number of methoxy groups -OCH3 is 1.